The number of ether oxygens (including phenoxy) is 5. The summed E-state index contributed by atoms with van der Waals surface area (Å²) < 4.78 is 25.5. The lowest BCUT2D eigenvalue weighted by atomic mass is 10.1. The van der Waals surface area contributed by atoms with E-state index in [0.717, 1.165) is 0 Å². The lowest BCUT2D eigenvalue weighted by Crippen LogP contribution is -2.42. The van der Waals surface area contributed by atoms with E-state index in [9.17, 15) is 14.4 Å². The van der Waals surface area contributed by atoms with Crippen LogP contribution < -0.4 is 0 Å². The monoisotopic (exact) mass is 392 g/mol. The first-order chi connectivity index (χ1) is 11.0. The highest BCUT2D eigenvalue weighted by molar-refractivity contribution is 6.27. The molecule has 1 heterocycles. The van der Waals surface area contributed by atoms with Gasteiger partial charge in [0.2, 0.25) is 0 Å². The second-order valence-corrected chi connectivity index (χ2v) is 5.07. The Morgan fingerprint density at radius 3 is 1.91 bits per heavy atom. The van der Waals surface area contributed by atoms with E-state index < -0.39 is 54.3 Å². The van der Waals surface area contributed by atoms with E-state index in [2.05, 4.69) is 0 Å². The Bertz CT molecular complexity index is 433. The van der Waals surface area contributed by atoms with E-state index in [4.69, 9.17) is 58.5 Å². The Morgan fingerprint density at radius 1 is 0.913 bits per heavy atom. The van der Waals surface area contributed by atoms with Gasteiger partial charge in [-0.3, -0.25) is 14.4 Å². The van der Waals surface area contributed by atoms with Crippen molar-refractivity contribution in [1.29, 1.82) is 0 Å². The number of esters is 3. The minimum Gasteiger partial charge on any atom is -0.462 e. The zero-order valence-electron chi connectivity index (χ0n) is 12.0. The Labute approximate surface area is 147 Å². The first-order valence-electron chi connectivity index (χ1n) is 6.37. The molecule has 1 saturated heterocycles. The van der Waals surface area contributed by atoms with Gasteiger partial charge in [0.1, 0.15) is 30.4 Å². The van der Waals surface area contributed by atoms with Gasteiger partial charge in [-0.25, -0.2) is 0 Å². The molecule has 0 aromatic heterocycles. The molecule has 4 atom stereocenters. The van der Waals surface area contributed by atoms with Crippen LogP contribution in [0.3, 0.4) is 0 Å². The molecule has 8 nitrogen and oxygen atoms in total. The highest BCUT2D eigenvalue weighted by Gasteiger charge is 2.50. The third-order valence-corrected chi connectivity index (χ3v) is 3.43. The summed E-state index contributed by atoms with van der Waals surface area (Å²) in [5, 5.41) is 0. The summed E-state index contributed by atoms with van der Waals surface area (Å²) in [6.07, 6.45) is -4.12. The standard InChI is InChI=1S/C12H15Cl3O8/c1-19-12-11(23-9(18)4-15)10(22-8(17)3-14)6(21-12)5-20-7(16)2-13/h6,10-12H,2-5H2,1H3/t6-,10-,11-,12+/m1/s1. The van der Waals surface area contributed by atoms with Crippen LogP contribution in [0.25, 0.3) is 0 Å². The van der Waals surface area contributed by atoms with Crippen molar-refractivity contribution in [2.75, 3.05) is 31.4 Å². The van der Waals surface area contributed by atoms with Crippen molar-refractivity contribution in [3.63, 3.8) is 0 Å². The maximum atomic E-state index is 11.5. The first-order valence-corrected chi connectivity index (χ1v) is 7.97. The van der Waals surface area contributed by atoms with E-state index in [1.54, 1.807) is 0 Å². The summed E-state index contributed by atoms with van der Waals surface area (Å²) in [7, 11) is 1.31. The van der Waals surface area contributed by atoms with Gasteiger partial charge in [-0.15, -0.1) is 34.8 Å². The molecule has 0 bridgehead atoms. The van der Waals surface area contributed by atoms with Gasteiger partial charge in [-0.05, 0) is 0 Å². The largest absolute Gasteiger partial charge is 0.462 e. The lowest BCUT2D eigenvalue weighted by Gasteiger charge is -2.23. The summed E-state index contributed by atoms with van der Waals surface area (Å²) in [6, 6.07) is 0. The van der Waals surface area contributed by atoms with Crippen LogP contribution >= 0.6 is 34.8 Å². The van der Waals surface area contributed by atoms with Gasteiger partial charge in [0, 0.05) is 7.11 Å². The number of alkyl halides is 3. The molecule has 1 aliphatic rings. The van der Waals surface area contributed by atoms with E-state index in [1.807, 2.05) is 0 Å². The van der Waals surface area contributed by atoms with Crippen LogP contribution in [0.5, 0.6) is 0 Å². The number of carbonyl (C=O) groups excluding carboxylic acids is 3. The number of methoxy groups -OCH3 is 1. The van der Waals surface area contributed by atoms with Crippen LogP contribution in [0.15, 0.2) is 0 Å². The third kappa shape index (κ3) is 5.96. The van der Waals surface area contributed by atoms with Gasteiger partial charge in [0.05, 0.1) is 0 Å². The molecule has 0 aliphatic carbocycles. The van der Waals surface area contributed by atoms with Gasteiger partial charge in [0.15, 0.2) is 18.5 Å². The van der Waals surface area contributed by atoms with Crippen LogP contribution in [0.1, 0.15) is 0 Å². The molecule has 1 aliphatic heterocycles. The summed E-state index contributed by atoms with van der Waals surface area (Å²) in [6.45, 7) is -0.277. The number of halogens is 3. The molecule has 1 rings (SSSR count). The molecule has 0 aromatic carbocycles. The predicted molar refractivity (Wildman–Crippen MR) is 78.5 cm³/mol. The maximum absolute atomic E-state index is 11.5. The Balaban J connectivity index is 2.87. The van der Waals surface area contributed by atoms with Crippen molar-refractivity contribution in [1.82, 2.24) is 0 Å². The number of hydrogen-bond donors (Lipinski definition) is 0. The zero-order chi connectivity index (χ0) is 17.4. The number of hydrogen-bond acceptors (Lipinski definition) is 8. The number of rotatable bonds is 8. The van der Waals surface area contributed by atoms with Crippen molar-refractivity contribution in [3.8, 4) is 0 Å². The molecule has 23 heavy (non-hydrogen) atoms. The molecule has 0 radical (unpaired) electrons. The fourth-order valence-corrected chi connectivity index (χ4v) is 2.07. The van der Waals surface area contributed by atoms with Gasteiger partial charge < -0.3 is 23.7 Å². The fourth-order valence-electron chi connectivity index (χ4n) is 1.86. The van der Waals surface area contributed by atoms with Gasteiger partial charge in [-0.2, -0.15) is 0 Å². The summed E-state index contributed by atoms with van der Waals surface area (Å²) in [4.78, 5) is 34.0. The third-order valence-electron chi connectivity index (χ3n) is 2.77. The lowest BCUT2D eigenvalue weighted by molar-refractivity contribution is -0.181. The molecule has 0 spiro atoms. The molecular formula is C12H15Cl3O8. The highest BCUT2D eigenvalue weighted by Crippen LogP contribution is 2.28. The fraction of sp³-hybridized carbons (Fsp3) is 0.750. The van der Waals surface area contributed by atoms with E-state index in [1.165, 1.54) is 7.11 Å². The van der Waals surface area contributed by atoms with Gasteiger partial charge in [-0.1, -0.05) is 0 Å². The normalized spacial score (nSPS) is 26.6. The quantitative estimate of drug-likeness (QED) is 0.333. The van der Waals surface area contributed by atoms with Crippen molar-refractivity contribution >= 4 is 52.7 Å². The molecule has 0 saturated carbocycles. The molecule has 0 N–H and O–H groups in total. The molecule has 0 aromatic rings. The van der Waals surface area contributed by atoms with Crippen molar-refractivity contribution in [2.24, 2.45) is 0 Å². The van der Waals surface area contributed by atoms with Crippen LogP contribution in [0, 0.1) is 0 Å². The Hall–Kier alpha value is -0.800. The van der Waals surface area contributed by atoms with Crippen LogP contribution in [0.2, 0.25) is 0 Å². The molecule has 132 valence electrons. The maximum Gasteiger partial charge on any atom is 0.321 e. The minimum atomic E-state index is -1.09. The molecule has 0 unspecified atom stereocenters. The smallest absolute Gasteiger partial charge is 0.321 e. The number of carbonyl (C=O) groups is 3. The average molecular weight is 394 g/mol. The first kappa shape index (κ1) is 20.2. The van der Waals surface area contributed by atoms with Crippen LogP contribution in [-0.4, -0.2) is 73.9 Å². The SMILES string of the molecule is CO[C@H]1O[C@H](COC(=O)CCl)[C@@H](OC(=O)CCl)[C@H]1OC(=O)CCl. The second-order valence-electron chi connectivity index (χ2n) is 4.27. The summed E-state index contributed by atoms with van der Waals surface area (Å²) >= 11 is 16.1. The van der Waals surface area contributed by atoms with Crippen molar-refractivity contribution in [3.05, 3.63) is 0 Å². The molecular weight excluding hydrogens is 378 g/mol. The van der Waals surface area contributed by atoms with E-state index in [0.29, 0.717) is 0 Å². The molecule has 1 fully saturated rings. The van der Waals surface area contributed by atoms with Crippen molar-refractivity contribution < 1.29 is 38.1 Å². The van der Waals surface area contributed by atoms with Gasteiger partial charge >= 0.3 is 17.9 Å². The average Bonchev–Trinajstić information content (AvgIpc) is 2.89. The Kier molecular flexibility index (Phi) is 8.93. The van der Waals surface area contributed by atoms with E-state index >= 15 is 0 Å². The Morgan fingerprint density at radius 2 is 1.43 bits per heavy atom. The second kappa shape index (κ2) is 10.1. The predicted octanol–water partition coefficient (Wildman–Crippen LogP) is 0.441. The summed E-state index contributed by atoms with van der Waals surface area (Å²) in [5.74, 6) is -3.39. The van der Waals surface area contributed by atoms with Crippen molar-refractivity contribution in [2.45, 2.75) is 24.6 Å². The summed E-state index contributed by atoms with van der Waals surface area (Å²) in [5.41, 5.74) is 0. The minimum absolute atomic E-state index is 0.277. The topological polar surface area (TPSA) is 97.4 Å². The molecule has 0 amide bonds. The van der Waals surface area contributed by atoms with Crippen LogP contribution in [0.4, 0.5) is 0 Å². The van der Waals surface area contributed by atoms with E-state index in [-0.39, 0.29) is 12.5 Å². The zero-order valence-corrected chi connectivity index (χ0v) is 14.3. The molecule has 11 heteroatoms. The highest BCUT2D eigenvalue weighted by atomic mass is 35.5. The van der Waals surface area contributed by atoms with Gasteiger partial charge in [0.25, 0.3) is 0 Å². The van der Waals surface area contributed by atoms with Crippen LogP contribution in [-0.2, 0) is 38.1 Å².